The molecular formula is C28H32N2O3S2. The maximum atomic E-state index is 12.9. The number of benzene rings is 3. The van der Waals surface area contributed by atoms with Gasteiger partial charge in [-0.1, -0.05) is 60.2 Å². The zero-order valence-electron chi connectivity index (χ0n) is 20.2. The molecule has 0 aliphatic carbocycles. The number of sulfonamides is 1. The zero-order chi connectivity index (χ0) is 24.8. The summed E-state index contributed by atoms with van der Waals surface area (Å²) < 4.78 is 27.2. The molecule has 1 N–H and O–H groups in total. The lowest BCUT2D eigenvalue weighted by molar-refractivity contribution is -0.120. The van der Waals surface area contributed by atoms with Crippen molar-refractivity contribution in [2.75, 3.05) is 18.4 Å². The van der Waals surface area contributed by atoms with Gasteiger partial charge >= 0.3 is 0 Å². The van der Waals surface area contributed by atoms with E-state index in [2.05, 4.69) is 29.6 Å². The van der Waals surface area contributed by atoms with Gasteiger partial charge in [-0.3, -0.25) is 4.79 Å². The highest BCUT2D eigenvalue weighted by molar-refractivity contribution is 7.98. The van der Waals surface area contributed by atoms with Gasteiger partial charge in [0.05, 0.1) is 5.75 Å². The van der Waals surface area contributed by atoms with Crippen LogP contribution in [-0.4, -0.2) is 31.7 Å². The molecule has 7 heteroatoms. The van der Waals surface area contributed by atoms with Crippen molar-refractivity contribution < 1.29 is 13.2 Å². The van der Waals surface area contributed by atoms with E-state index in [0.717, 1.165) is 28.1 Å². The summed E-state index contributed by atoms with van der Waals surface area (Å²) in [5.74, 6) is 0.649. The van der Waals surface area contributed by atoms with E-state index in [9.17, 15) is 13.2 Å². The van der Waals surface area contributed by atoms with Crippen LogP contribution >= 0.6 is 11.8 Å². The van der Waals surface area contributed by atoms with Crippen LogP contribution in [0.25, 0.3) is 0 Å². The predicted molar refractivity (Wildman–Crippen MR) is 144 cm³/mol. The molecule has 0 atom stereocenters. The van der Waals surface area contributed by atoms with Crippen LogP contribution in [0.5, 0.6) is 0 Å². The number of nitrogens with zero attached hydrogens (tertiary/aromatic N) is 1. The molecule has 184 valence electrons. The van der Waals surface area contributed by atoms with E-state index in [1.165, 1.54) is 14.8 Å². The van der Waals surface area contributed by atoms with Gasteiger partial charge in [-0.05, 0) is 61.6 Å². The summed E-state index contributed by atoms with van der Waals surface area (Å²) in [6.45, 7) is 4.74. The molecule has 35 heavy (non-hydrogen) atoms. The van der Waals surface area contributed by atoms with E-state index in [1.54, 1.807) is 11.8 Å². The second-order valence-corrected chi connectivity index (χ2v) is 12.2. The third-order valence-electron chi connectivity index (χ3n) is 6.39. The maximum Gasteiger partial charge on any atom is 0.227 e. The lowest BCUT2D eigenvalue weighted by Gasteiger charge is -2.30. The van der Waals surface area contributed by atoms with Gasteiger partial charge in [0.25, 0.3) is 0 Å². The molecule has 0 unspecified atom stereocenters. The summed E-state index contributed by atoms with van der Waals surface area (Å²) in [7, 11) is -3.39. The minimum Gasteiger partial charge on any atom is -0.326 e. The first-order chi connectivity index (χ1) is 16.8. The Balaban J connectivity index is 1.28. The highest BCUT2D eigenvalue weighted by atomic mass is 32.2. The van der Waals surface area contributed by atoms with Crippen LogP contribution in [0, 0.1) is 19.8 Å². The molecule has 1 fully saturated rings. The SMILES string of the molecule is Cc1ccc(CS(=O)(=O)N2CCC(C(=O)Nc3ccc(CSc4ccccc4)cc3C)CC2)cc1. The largest absolute Gasteiger partial charge is 0.326 e. The Labute approximate surface area is 213 Å². The number of amides is 1. The van der Waals surface area contributed by atoms with Crippen molar-refractivity contribution in [1.29, 1.82) is 0 Å². The molecule has 0 bridgehead atoms. The Kier molecular flexibility index (Phi) is 8.31. The first kappa shape index (κ1) is 25.5. The molecule has 1 aliphatic heterocycles. The minimum absolute atomic E-state index is 0.00174. The first-order valence-electron chi connectivity index (χ1n) is 11.9. The molecule has 3 aromatic carbocycles. The normalized spacial score (nSPS) is 15.1. The third kappa shape index (κ3) is 6.97. The summed E-state index contributed by atoms with van der Waals surface area (Å²) in [4.78, 5) is 14.1. The molecular weight excluding hydrogens is 476 g/mol. The number of aryl methyl sites for hydroxylation is 2. The van der Waals surface area contributed by atoms with Crippen molar-refractivity contribution in [1.82, 2.24) is 4.31 Å². The van der Waals surface area contributed by atoms with Crippen LogP contribution in [0.3, 0.4) is 0 Å². The maximum absolute atomic E-state index is 12.9. The van der Waals surface area contributed by atoms with Crippen LogP contribution in [0.4, 0.5) is 5.69 Å². The van der Waals surface area contributed by atoms with E-state index in [-0.39, 0.29) is 17.6 Å². The first-order valence-corrected chi connectivity index (χ1v) is 14.5. The average molecular weight is 509 g/mol. The van der Waals surface area contributed by atoms with Crippen molar-refractivity contribution in [3.05, 3.63) is 95.1 Å². The van der Waals surface area contributed by atoms with E-state index in [4.69, 9.17) is 0 Å². The minimum atomic E-state index is -3.39. The number of carbonyl (C=O) groups excluding carboxylic acids is 1. The van der Waals surface area contributed by atoms with E-state index in [1.807, 2.05) is 62.4 Å². The third-order valence-corrected chi connectivity index (χ3v) is 9.32. The number of hydrogen-bond acceptors (Lipinski definition) is 4. The van der Waals surface area contributed by atoms with Gasteiger partial charge in [-0.2, -0.15) is 0 Å². The Morgan fingerprint density at radius 1 is 0.943 bits per heavy atom. The number of carbonyl (C=O) groups is 1. The topological polar surface area (TPSA) is 66.5 Å². The molecule has 4 rings (SSSR count). The smallest absolute Gasteiger partial charge is 0.227 e. The van der Waals surface area contributed by atoms with Crippen LogP contribution in [0.1, 0.15) is 35.1 Å². The van der Waals surface area contributed by atoms with Gasteiger partial charge in [-0.15, -0.1) is 11.8 Å². The molecule has 0 spiro atoms. The van der Waals surface area contributed by atoms with Crippen LogP contribution in [-0.2, 0) is 26.3 Å². The van der Waals surface area contributed by atoms with E-state index < -0.39 is 10.0 Å². The van der Waals surface area contributed by atoms with Gasteiger partial charge in [0.2, 0.25) is 15.9 Å². The number of thioether (sulfide) groups is 1. The van der Waals surface area contributed by atoms with Crippen molar-refractivity contribution in [2.24, 2.45) is 5.92 Å². The number of piperidine rings is 1. The van der Waals surface area contributed by atoms with Crippen molar-refractivity contribution >= 4 is 33.4 Å². The van der Waals surface area contributed by atoms with Crippen LogP contribution < -0.4 is 5.32 Å². The molecule has 0 aromatic heterocycles. The summed E-state index contributed by atoms with van der Waals surface area (Å²) in [5, 5.41) is 3.07. The van der Waals surface area contributed by atoms with Crippen LogP contribution in [0.15, 0.2) is 77.7 Å². The quantitative estimate of drug-likeness (QED) is 0.392. The van der Waals surface area contributed by atoms with Crippen LogP contribution in [0.2, 0.25) is 0 Å². The van der Waals surface area contributed by atoms with Gasteiger partial charge in [0.1, 0.15) is 0 Å². The van der Waals surface area contributed by atoms with Crippen molar-refractivity contribution in [3.8, 4) is 0 Å². The fourth-order valence-electron chi connectivity index (χ4n) is 4.26. The molecule has 1 heterocycles. The highest BCUT2D eigenvalue weighted by Crippen LogP contribution is 2.27. The van der Waals surface area contributed by atoms with Crippen molar-refractivity contribution in [3.63, 3.8) is 0 Å². The van der Waals surface area contributed by atoms with Crippen molar-refractivity contribution in [2.45, 2.75) is 43.1 Å². The zero-order valence-corrected chi connectivity index (χ0v) is 21.9. The fourth-order valence-corrected chi connectivity index (χ4v) is 6.68. The van der Waals surface area contributed by atoms with Gasteiger partial charge in [0.15, 0.2) is 0 Å². The van der Waals surface area contributed by atoms with E-state index >= 15 is 0 Å². The fraction of sp³-hybridized carbons (Fsp3) is 0.321. The second kappa shape index (κ2) is 11.4. The molecule has 1 amide bonds. The molecule has 0 radical (unpaired) electrons. The second-order valence-electron chi connectivity index (χ2n) is 9.16. The number of hydrogen-bond donors (Lipinski definition) is 1. The van der Waals surface area contributed by atoms with Gasteiger partial charge in [-0.25, -0.2) is 12.7 Å². The van der Waals surface area contributed by atoms with Gasteiger partial charge in [0, 0.05) is 35.3 Å². The summed E-state index contributed by atoms with van der Waals surface area (Å²) in [5.41, 5.74) is 4.95. The summed E-state index contributed by atoms with van der Waals surface area (Å²) in [6.07, 6.45) is 1.06. The molecule has 3 aromatic rings. The standard InChI is InChI=1S/C28H32N2O3S2/c1-21-8-10-23(11-9-21)20-35(32,33)30-16-14-25(15-17-30)28(31)29-27-13-12-24(18-22(27)2)19-34-26-6-4-3-5-7-26/h3-13,18,25H,14-17,19-20H2,1-2H3,(H,29,31). The molecule has 5 nitrogen and oxygen atoms in total. The Hall–Kier alpha value is -2.61. The average Bonchev–Trinajstić information content (AvgIpc) is 2.86. The Morgan fingerprint density at radius 2 is 1.60 bits per heavy atom. The van der Waals surface area contributed by atoms with E-state index in [0.29, 0.717) is 25.9 Å². The lowest BCUT2D eigenvalue weighted by atomic mass is 9.97. The highest BCUT2D eigenvalue weighted by Gasteiger charge is 2.31. The predicted octanol–water partition coefficient (Wildman–Crippen LogP) is 5.78. The van der Waals surface area contributed by atoms with Gasteiger partial charge < -0.3 is 5.32 Å². The molecule has 1 aliphatic rings. The number of anilines is 1. The lowest BCUT2D eigenvalue weighted by Crippen LogP contribution is -2.41. The summed E-state index contributed by atoms with van der Waals surface area (Å²) in [6, 6.07) is 24.0. The molecule has 0 saturated carbocycles. The number of rotatable bonds is 8. The molecule has 1 saturated heterocycles. The Morgan fingerprint density at radius 3 is 2.26 bits per heavy atom. The summed E-state index contributed by atoms with van der Waals surface area (Å²) >= 11 is 1.79. The Bertz CT molecular complexity index is 1250. The monoisotopic (exact) mass is 508 g/mol. The number of nitrogens with one attached hydrogen (secondary N) is 1.